The highest BCUT2D eigenvalue weighted by Gasteiger charge is 2.53. The minimum absolute atomic E-state index is 0.252. The summed E-state index contributed by atoms with van der Waals surface area (Å²) in [6.07, 6.45) is -0.495. The first kappa shape index (κ1) is 23.0. The average molecular weight is 421 g/mol. The fourth-order valence-corrected chi connectivity index (χ4v) is 3.62. The lowest BCUT2D eigenvalue weighted by atomic mass is 9.78. The Morgan fingerprint density at radius 1 is 1.13 bits per heavy atom. The number of carbonyl (C=O) groups is 1. The van der Waals surface area contributed by atoms with Gasteiger partial charge in [0.1, 0.15) is 17.1 Å². The molecule has 0 radical (unpaired) electrons. The molecule has 2 heterocycles. The molecule has 0 aromatic heterocycles. The molecule has 2 aliphatic heterocycles. The SMILES string of the molecule is CC(C)(C)OC(=O)N1C(c2ccc(B3OC(C)(C)C(C)(C)O3)c(F)c2)COC1(C)C. The minimum Gasteiger partial charge on any atom is -0.444 e. The first-order chi connectivity index (χ1) is 13.5. The molecule has 1 aromatic rings. The van der Waals surface area contributed by atoms with E-state index in [0.717, 1.165) is 0 Å². The Labute approximate surface area is 179 Å². The average Bonchev–Trinajstić information content (AvgIpc) is 2.97. The maximum atomic E-state index is 15.1. The van der Waals surface area contributed by atoms with Crippen molar-refractivity contribution in [2.75, 3.05) is 6.61 Å². The largest absolute Gasteiger partial charge is 0.497 e. The van der Waals surface area contributed by atoms with Crippen LogP contribution in [-0.2, 0) is 18.8 Å². The summed E-state index contributed by atoms with van der Waals surface area (Å²) in [7, 11) is -0.790. The van der Waals surface area contributed by atoms with Crippen LogP contribution in [0.3, 0.4) is 0 Å². The van der Waals surface area contributed by atoms with E-state index in [-0.39, 0.29) is 6.61 Å². The number of hydrogen-bond donors (Lipinski definition) is 0. The molecule has 30 heavy (non-hydrogen) atoms. The third-order valence-electron chi connectivity index (χ3n) is 5.99. The summed E-state index contributed by atoms with van der Waals surface area (Å²) in [5.41, 5.74) is -1.66. The second-order valence-electron chi connectivity index (χ2n) is 10.5. The first-order valence-corrected chi connectivity index (χ1v) is 10.4. The summed E-state index contributed by atoms with van der Waals surface area (Å²) in [6, 6.07) is 4.41. The van der Waals surface area contributed by atoms with Gasteiger partial charge >= 0.3 is 13.2 Å². The molecule has 0 saturated carbocycles. The smallest absolute Gasteiger partial charge is 0.444 e. The van der Waals surface area contributed by atoms with E-state index in [4.69, 9.17) is 18.8 Å². The zero-order valence-electron chi connectivity index (χ0n) is 19.5. The molecule has 0 spiro atoms. The van der Waals surface area contributed by atoms with Gasteiger partial charge < -0.3 is 18.8 Å². The fourth-order valence-electron chi connectivity index (χ4n) is 3.62. The number of carbonyl (C=O) groups excluding carboxylic acids is 1. The van der Waals surface area contributed by atoms with Crippen molar-refractivity contribution in [2.45, 2.75) is 90.9 Å². The predicted octanol–water partition coefficient (Wildman–Crippen LogP) is 4.17. The third-order valence-corrected chi connectivity index (χ3v) is 5.99. The molecule has 2 fully saturated rings. The third kappa shape index (κ3) is 4.22. The zero-order chi connectivity index (χ0) is 22.7. The summed E-state index contributed by atoms with van der Waals surface area (Å²) in [5, 5.41) is 0. The van der Waals surface area contributed by atoms with Crippen LogP contribution in [0, 0.1) is 5.82 Å². The summed E-state index contributed by atoms with van der Waals surface area (Å²) >= 11 is 0. The predicted molar refractivity (Wildman–Crippen MR) is 113 cm³/mol. The molecule has 0 bridgehead atoms. The van der Waals surface area contributed by atoms with Crippen LogP contribution in [0.2, 0.25) is 0 Å². The van der Waals surface area contributed by atoms with Crippen LogP contribution in [0.5, 0.6) is 0 Å². The Morgan fingerprint density at radius 3 is 2.20 bits per heavy atom. The van der Waals surface area contributed by atoms with Gasteiger partial charge in [-0.1, -0.05) is 12.1 Å². The van der Waals surface area contributed by atoms with E-state index in [2.05, 4.69) is 0 Å². The van der Waals surface area contributed by atoms with Gasteiger partial charge in [-0.25, -0.2) is 9.18 Å². The van der Waals surface area contributed by atoms with Crippen LogP contribution < -0.4 is 5.46 Å². The van der Waals surface area contributed by atoms with Crippen molar-refractivity contribution in [1.29, 1.82) is 0 Å². The molecule has 0 aliphatic carbocycles. The fraction of sp³-hybridized carbons (Fsp3) is 0.682. The summed E-state index contributed by atoms with van der Waals surface area (Å²) in [4.78, 5) is 14.4. The monoisotopic (exact) mass is 421 g/mol. The number of rotatable bonds is 2. The Balaban J connectivity index is 1.88. The summed E-state index contributed by atoms with van der Waals surface area (Å²) in [6.45, 7) is 17.0. The Kier molecular flexibility index (Phi) is 5.54. The molecule has 2 saturated heterocycles. The van der Waals surface area contributed by atoms with Crippen LogP contribution in [0.25, 0.3) is 0 Å². The van der Waals surface area contributed by atoms with E-state index in [1.54, 1.807) is 26.0 Å². The number of benzene rings is 1. The highest BCUT2D eigenvalue weighted by Crippen LogP contribution is 2.39. The van der Waals surface area contributed by atoms with Gasteiger partial charge in [0.25, 0.3) is 0 Å². The molecule has 0 N–H and O–H groups in total. The summed E-state index contributed by atoms with van der Waals surface area (Å²) in [5.74, 6) is -0.445. The van der Waals surface area contributed by atoms with E-state index in [1.807, 2.05) is 48.5 Å². The lowest BCUT2D eigenvalue weighted by molar-refractivity contribution is -0.0626. The minimum atomic E-state index is -0.867. The number of ether oxygens (including phenoxy) is 2. The van der Waals surface area contributed by atoms with Crippen molar-refractivity contribution in [2.24, 2.45) is 0 Å². The molecule has 1 unspecified atom stereocenters. The molecule has 166 valence electrons. The molecule has 1 aromatic carbocycles. The van der Waals surface area contributed by atoms with Crippen molar-refractivity contribution in [1.82, 2.24) is 4.90 Å². The van der Waals surface area contributed by atoms with Crippen molar-refractivity contribution in [3.05, 3.63) is 29.6 Å². The first-order valence-electron chi connectivity index (χ1n) is 10.4. The molecule has 1 amide bonds. The van der Waals surface area contributed by atoms with Crippen molar-refractivity contribution < 1.29 is 28.0 Å². The second-order valence-corrected chi connectivity index (χ2v) is 10.5. The normalized spacial score (nSPS) is 24.9. The van der Waals surface area contributed by atoms with Gasteiger partial charge in [-0.15, -0.1) is 0 Å². The lowest BCUT2D eigenvalue weighted by Gasteiger charge is -2.35. The van der Waals surface area contributed by atoms with E-state index in [1.165, 1.54) is 11.0 Å². The van der Waals surface area contributed by atoms with Crippen LogP contribution >= 0.6 is 0 Å². The molecule has 6 nitrogen and oxygen atoms in total. The van der Waals surface area contributed by atoms with Crippen LogP contribution in [0.4, 0.5) is 9.18 Å². The molecule has 2 aliphatic rings. The van der Waals surface area contributed by atoms with Gasteiger partial charge in [0, 0.05) is 5.46 Å². The van der Waals surface area contributed by atoms with Crippen LogP contribution in [0.1, 0.15) is 73.9 Å². The Morgan fingerprint density at radius 2 is 1.70 bits per heavy atom. The van der Waals surface area contributed by atoms with E-state index < -0.39 is 47.6 Å². The van der Waals surface area contributed by atoms with Gasteiger partial charge in [0.2, 0.25) is 0 Å². The van der Waals surface area contributed by atoms with Gasteiger partial charge in [0.15, 0.2) is 0 Å². The Bertz CT molecular complexity index is 817. The van der Waals surface area contributed by atoms with Crippen molar-refractivity contribution in [3.8, 4) is 0 Å². The number of halogens is 1. The maximum absolute atomic E-state index is 15.1. The molecule has 8 heteroatoms. The molecule has 3 rings (SSSR count). The standard InChI is InChI=1S/C22H33BFNO5/c1-19(2,3)28-18(26)25-17(13-27-22(25,8)9)14-10-11-15(16(24)12-14)23-29-20(4,5)21(6,7)30-23/h10-12,17H,13H2,1-9H3. The highest BCUT2D eigenvalue weighted by atomic mass is 19.1. The van der Waals surface area contributed by atoms with E-state index >= 15 is 4.39 Å². The quantitative estimate of drug-likeness (QED) is 0.671. The zero-order valence-corrected chi connectivity index (χ0v) is 19.5. The van der Waals surface area contributed by atoms with Gasteiger partial charge in [-0.3, -0.25) is 4.90 Å². The van der Waals surface area contributed by atoms with Crippen molar-refractivity contribution in [3.63, 3.8) is 0 Å². The van der Waals surface area contributed by atoms with Crippen LogP contribution in [0.15, 0.2) is 18.2 Å². The number of nitrogens with zero attached hydrogens (tertiary/aromatic N) is 1. The van der Waals surface area contributed by atoms with Gasteiger partial charge in [-0.2, -0.15) is 0 Å². The summed E-state index contributed by atoms with van der Waals surface area (Å²) < 4.78 is 38.5. The number of hydrogen-bond acceptors (Lipinski definition) is 5. The van der Waals surface area contributed by atoms with Crippen LogP contribution in [-0.4, -0.2) is 47.2 Å². The van der Waals surface area contributed by atoms with Gasteiger partial charge in [0.05, 0.1) is 23.9 Å². The van der Waals surface area contributed by atoms with E-state index in [0.29, 0.717) is 11.0 Å². The van der Waals surface area contributed by atoms with Gasteiger partial charge in [-0.05, 0) is 73.9 Å². The number of amides is 1. The highest BCUT2D eigenvalue weighted by molar-refractivity contribution is 6.62. The molecular weight excluding hydrogens is 388 g/mol. The van der Waals surface area contributed by atoms with Crippen molar-refractivity contribution >= 4 is 18.7 Å². The Hall–Kier alpha value is -1.64. The lowest BCUT2D eigenvalue weighted by Crippen LogP contribution is -2.47. The molecule has 1 atom stereocenters. The maximum Gasteiger partial charge on any atom is 0.497 e. The molecular formula is C22H33BFNO5. The van der Waals surface area contributed by atoms with E-state index in [9.17, 15) is 4.79 Å². The second kappa shape index (κ2) is 7.21. The topological polar surface area (TPSA) is 57.2 Å².